The van der Waals surface area contributed by atoms with Gasteiger partial charge < -0.3 is 4.74 Å². The Kier molecular flexibility index (Phi) is 4.24. The van der Waals surface area contributed by atoms with Crippen LogP contribution in [0, 0.1) is 11.8 Å². The maximum atomic E-state index is 11.8. The van der Waals surface area contributed by atoms with E-state index in [1.54, 1.807) is 0 Å². The Morgan fingerprint density at radius 1 is 1.22 bits per heavy atom. The molecule has 1 fully saturated rings. The summed E-state index contributed by atoms with van der Waals surface area (Å²) in [5.74, 6) is 1.11. The van der Waals surface area contributed by atoms with Crippen molar-refractivity contribution in [3.63, 3.8) is 0 Å². The van der Waals surface area contributed by atoms with Crippen LogP contribution in [0.2, 0.25) is 0 Å². The molecule has 1 aromatic rings. The topological polar surface area (TPSA) is 38.3 Å². The molecule has 3 heteroatoms. The molecule has 0 bridgehead atoms. The number of amides is 1. The monoisotopic (exact) mass is 247 g/mol. The van der Waals surface area contributed by atoms with Gasteiger partial charge in [-0.25, -0.2) is 4.79 Å². The van der Waals surface area contributed by atoms with E-state index in [1.165, 1.54) is 6.42 Å². The van der Waals surface area contributed by atoms with Crippen LogP contribution in [-0.2, 0) is 4.74 Å². The first-order valence-electron chi connectivity index (χ1n) is 6.68. The molecule has 98 valence electrons. The van der Waals surface area contributed by atoms with Gasteiger partial charge in [0.1, 0.15) is 6.10 Å². The Morgan fingerprint density at radius 3 is 2.67 bits per heavy atom. The molecule has 0 aliphatic heterocycles. The fourth-order valence-corrected chi connectivity index (χ4v) is 2.45. The molecular weight excluding hydrogens is 226 g/mol. The van der Waals surface area contributed by atoms with Crippen LogP contribution in [0.15, 0.2) is 30.3 Å². The van der Waals surface area contributed by atoms with Gasteiger partial charge in [-0.1, -0.05) is 38.5 Å². The van der Waals surface area contributed by atoms with Gasteiger partial charge in [0, 0.05) is 5.69 Å². The summed E-state index contributed by atoms with van der Waals surface area (Å²) in [6.07, 6.45) is 3.07. The number of anilines is 1. The van der Waals surface area contributed by atoms with Crippen molar-refractivity contribution in [3.05, 3.63) is 30.3 Å². The van der Waals surface area contributed by atoms with Gasteiger partial charge in [-0.2, -0.15) is 0 Å². The fourth-order valence-electron chi connectivity index (χ4n) is 2.45. The van der Waals surface area contributed by atoms with Crippen LogP contribution in [0.25, 0.3) is 0 Å². The summed E-state index contributed by atoms with van der Waals surface area (Å²) >= 11 is 0. The molecule has 1 aromatic carbocycles. The molecule has 0 saturated heterocycles. The maximum absolute atomic E-state index is 11.8. The summed E-state index contributed by atoms with van der Waals surface area (Å²) in [5.41, 5.74) is 0.777. The molecule has 3 unspecified atom stereocenters. The predicted octanol–water partition coefficient (Wildman–Crippen LogP) is 4.06. The number of nitrogens with one attached hydrogen (secondary N) is 1. The summed E-state index contributed by atoms with van der Waals surface area (Å²) in [7, 11) is 0. The SMILES string of the molecule is CC1CCC(C)C(OC(=O)Nc2ccccc2)C1. The van der Waals surface area contributed by atoms with E-state index >= 15 is 0 Å². The van der Waals surface area contributed by atoms with Crippen LogP contribution >= 0.6 is 0 Å². The zero-order valence-corrected chi connectivity index (χ0v) is 11.1. The number of rotatable bonds is 2. The Morgan fingerprint density at radius 2 is 1.94 bits per heavy atom. The van der Waals surface area contributed by atoms with Gasteiger partial charge in [0.05, 0.1) is 0 Å². The minimum Gasteiger partial charge on any atom is -0.446 e. The average molecular weight is 247 g/mol. The fraction of sp³-hybridized carbons (Fsp3) is 0.533. The van der Waals surface area contributed by atoms with E-state index in [9.17, 15) is 4.79 Å². The Bertz CT molecular complexity index is 391. The number of para-hydroxylation sites is 1. The van der Waals surface area contributed by atoms with Gasteiger partial charge >= 0.3 is 6.09 Å². The number of carbonyl (C=O) groups excluding carboxylic acids is 1. The van der Waals surface area contributed by atoms with Gasteiger partial charge in [0.15, 0.2) is 0 Å². The standard InChI is InChI=1S/C15H21NO2/c1-11-8-9-12(2)14(10-11)18-15(17)16-13-6-4-3-5-7-13/h3-7,11-12,14H,8-10H2,1-2H3,(H,16,17). The third-order valence-electron chi connectivity index (χ3n) is 3.66. The van der Waals surface area contributed by atoms with Gasteiger partial charge in [-0.15, -0.1) is 0 Å². The molecule has 1 amide bonds. The molecule has 2 rings (SSSR count). The van der Waals surface area contributed by atoms with Crippen molar-refractivity contribution in [2.24, 2.45) is 11.8 Å². The summed E-state index contributed by atoms with van der Waals surface area (Å²) in [5, 5.41) is 2.76. The van der Waals surface area contributed by atoms with Crippen LogP contribution in [0.1, 0.15) is 33.1 Å². The zero-order chi connectivity index (χ0) is 13.0. The molecule has 1 saturated carbocycles. The lowest BCUT2D eigenvalue weighted by Crippen LogP contribution is -2.33. The van der Waals surface area contributed by atoms with Gasteiger partial charge in [-0.05, 0) is 36.8 Å². The summed E-state index contributed by atoms with van der Waals surface area (Å²) < 4.78 is 5.53. The predicted molar refractivity (Wildman–Crippen MR) is 72.5 cm³/mol. The van der Waals surface area contributed by atoms with Crippen molar-refractivity contribution < 1.29 is 9.53 Å². The molecule has 1 aliphatic rings. The molecule has 18 heavy (non-hydrogen) atoms. The van der Waals surface area contributed by atoms with Crippen molar-refractivity contribution in [2.75, 3.05) is 5.32 Å². The summed E-state index contributed by atoms with van der Waals surface area (Å²) in [6.45, 7) is 4.38. The van der Waals surface area contributed by atoms with Crippen molar-refractivity contribution in [1.29, 1.82) is 0 Å². The van der Waals surface area contributed by atoms with E-state index in [2.05, 4.69) is 19.2 Å². The van der Waals surface area contributed by atoms with Crippen LogP contribution in [0.3, 0.4) is 0 Å². The van der Waals surface area contributed by atoms with E-state index in [0.717, 1.165) is 18.5 Å². The Labute approximate surface area is 109 Å². The van der Waals surface area contributed by atoms with Crippen LogP contribution < -0.4 is 5.32 Å². The van der Waals surface area contributed by atoms with E-state index in [0.29, 0.717) is 11.8 Å². The second-order valence-electron chi connectivity index (χ2n) is 5.33. The molecule has 1 N–H and O–H groups in total. The number of hydrogen-bond acceptors (Lipinski definition) is 2. The molecule has 0 aromatic heterocycles. The molecule has 0 spiro atoms. The van der Waals surface area contributed by atoms with Crippen LogP contribution in [0.5, 0.6) is 0 Å². The quantitative estimate of drug-likeness (QED) is 0.855. The summed E-state index contributed by atoms with van der Waals surface area (Å²) in [4.78, 5) is 11.8. The van der Waals surface area contributed by atoms with Crippen molar-refractivity contribution in [1.82, 2.24) is 0 Å². The lowest BCUT2D eigenvalue weighted by Gasteiger charge is -2.32. The van der Waals surface area contributed by atoms with Crippen molar-refractivity contribution >= 4 is 11.8 Å². The maximum Gasteiger partial charge on any atom is 0.411 e. The largest absolute Gasteiger partial charge is 0.446 e. The molecule has 3 nitrogen and oxygen atoms in total. The number of hydrogen-bond donors (Lipinski definition) is 1. The molecule has 0 radical (unpaired) electrons. The lowest BCUT2D eigenvalue weighted by atomic mass is 9.82. The third kappa shape index (κ3) is 3.49. The molecule has 0 heterocycles. The smallest absolute Gasteiger partial charge is 0.411 e. The minimum absolute atomic E-state index is 0.0532. The second-order valence-corrected chi connectivity index (χ2v) is 5.33. The van der Waals surface area contributed by atoms with Crippen LogP contribution in [0.4, 0.5) is 10.5 Å². The first kappa shape index (κ1) is 12.9. The van der Waals surface area contributed by atoms with E-state index < -0.39 is 0 Å². The number of benzene rings is 1. The number of carbonyl (C=O) groups is 1. The zero-order valence-electron chi connectivity index (χ0n) is 11.1. The van der Waals surface area contributed by atoms with E-state index in [4.69, 9.17) is 4.74 Å². The van der Waals surface area contributed by atoms with Gasteiger partial charge in [0.25, 0.3) is 0 Å². The highest BCUT2D eigenvalue weighted by molar-refractivity contribution is 5.84. The molecular formula is C15H21NO2. The summed E-state index contributed by atoms with van der Waals surface area (Å²) in [6, 6.07) is 9.41. The average Bonchev–Trinajstić information content (AvgIpc) is 2.35. The lowest BCUT2D eigenvalue weighted by molar-refractivity contribution is 0.0370. The van der Waals surface area contributed by atoms with Gasteiger partial charge in [-0.3, -0.25) is 5.32 Å². The van der Waals surface area contributed by atoms with Crippen molar-refractivity contribution in [3.8, 4) is 0 Å². The Hall–Kier alpha value is -1.51. The first-order valence-corrected chi connectivity index (χ1v) is 6.68. The van der Waals surface area contributed by atoms with Crippen molar-refractivity contribution in [2.45, 2.75) is 39.2 Å². The van der Waals surface area contributed by atoms with Crippen LogP contribution in [-0.4, -0.2) is 12.2 Å². The second kappa shape index (κ2) is 5.89. The highest BCUT2D eigenvalue weighted by Gasteiger charge is 2.28. The molecule has 1 aliphatic carbocycles. The first-order chi connectivity index (χ1) is 8.65. The number of ether oxygens (including phenoxy) is 1. The highest BCUT2D eigenvalue weighted by Crippen LogP contribution is 2.30. The highest BCUT2D eigenvalue weighted by atomic mass is 16.6. The minimum atomic E-state index is -0.341. The normalized spacial score (nSPS) is 27.6. The Balaban J connectivity index is 1.87. The van der Waals surface area contributed by atoms with E-state index in [1.807, 2.05) is 30.3 Å². The third-order valence-corrected chi connectivity index (χ3v) is 3.66. The van der Waals surface area contributed by atoms with Gasteiger partial charge in [0.2, 0.25) is 0 Å². The molecule has 3 atom stereocenters. The van der Waals surface area contributed by atoms with E-state index in [-0.39, 0.29) is 12.2 Å².